The van der Waals surface area contributed by atoms with Crippen LogP contribution in [-0.4, -0.2) is 16.0 Å². The Morgan fingerprint density at radius 3 is 2.45 bits per heavy atom. The fourth-order valence-corrected chi connectivity index (χ4v) is 2.51. The molecule has 0 saturated heterocycles. The molecule has 0 spiro atoms. The zero-order chi connectivity index (χ0) is 15.7. The summed E-state index contributed by atoms with van der Waals surface area (Å²) in [5, 5.41) is 22.1. The van der Waals surface area contributed by atoms with Crippen LogP contribution in [0.1, 0.15) is 10.4 Å². The van der Waals surface area contributed by atoms with Crippen LogP contribution in [0.25, 0.3) is 21.9 Å². The Balaban J connectivity index is 2.26. The first kappa shape index (κ1) is 13.8. The van der Waals surface area contributed by atoms with Crippen molar-refractivity contribution in [1.29, 1.82) is 0 Å². The van der Waals surface area contributed by atoms with Crippen molar-refractivity contribution in [2.45, 2.75) is 0 Å². The lowest BCUT2D eigenvalue weighted by molar-refractivity contribution is -0.385. The van der Waals surface area contributed by atoms with Crippen molar-refractivity contribution in [3.63, 3.8) is 0 Å². The van der Waals surface area contributed by atoms with Crippen LogP contribution in [0.3, 0.4) is 0 Å². The summed E-state index contributed by atoms with van der Waals surface area (Å²) in [5.41, 5.74) is 0.735. The monoisotopic (exact) mass is 293 g/mol. The van der Waals surface area contributed by atoms with Gasteiger partial charge >= 0.3 is 5.97 Å². The number of carbonyl (C=O) groups is 1. The highest BCUT2D eigenvalue weighted by Crippen LogP contribution is 2.32. The average molecular weight is 293 g/mol. The molecule has 0 amide bonds. The van der Waals surface area contributed by atoms with Crippen LogP contribution in [0.5, 0.6) is 0 Å². The highest BCUT2D eigenvalue weighted by atomic mass is 16.6. The lowest BCUT2D eigenvalue weighted by atomic mass is 9.97. The summed E-state index contributed by atoms with van der Waals surface area (Å²) in [6.07, 6.45) is 0. The second kappa shape index (κ2) is 5.29. The van der Waals surface area contributed by atoms with E-state index in [1.807, 2.05) is 42.5 Å². The van der Waals surface area contributed by atoms with Gasteiger partial charge in [-0.05, 0) is 28.0 Å². The first-order chi connectivity index (χ1) is 10.6. The quantitative estimate of drug-likeness (QED) is 0.582. The molecule has 0 radical (unpaired) electrons. The molecule has 5 heteroatoms. The Morgan fingerprint density at radius 2 is 1.73 bits per heavy atom. The maximum atomic E-state index is 11.1. The van der Waals surface area contributed by atoms with E-state index in [1.54, 1.807) is 6.07 Å². The van der Waals surface area contributed by atoms with Crippen molar-refractivity contribution in [2.75, 3.05) is 0 Å². The van der Waals surface area contributed by atoms with E-state index < -0.39 is 16.6 Å². The lowest BCUT2D eigenvalue weighted by Crippen LogP contribution is -2.02. The van der Waals surface area contributed by atoms with Gasteiger partial charge in [0.1, 0.15) is 5.56 Å². The molecule has 0 aliphatic heterocycles. The fourth-order valence-electron chi connectivity index (χ4n) is 2.51. The van der Waals surface area contributed by atoms with E-state index in [2.05, 4.69) is 0 Å². The number of carboxylic acid groups (broad SMARTS) is 1. The maximum absolute atomic E-state index is 11.1. The molecule has 22 heavy (non-hydrogen) atoms. The van der Waals surface area contributed by atoms with Crippen molar-refractivity contribution < 1.29 is 14.8 Å². The molecule has 5 nitrogen and oxygen atoms in total. The third-order valence-corrected chi connectivity index (χ3v) is 3.53. The summed E-state index contributed by atoms with van der Waals surface area (Å²) in [4.78, 5) is 21.5. The molecule has 0 fully saturated rings. The molecule has 0 aliphatic rings. The van der Waals surface area contributed by atoms with Crippen LogP contribution >= 0.6 is 0 Å². The van der Waals surface area contributed by atoms with E-state index in [-0.39, 0.29) is 5.56 Å². The standard InChI is InChI=1S/C17H11NO4/c19-17(20)15-9-8-12(10-16(15)18(21)22)14-7-3-5-11-4-1-2-6-13(11)14/h1-10H,(H,19,20). The fraction of sp³-hybridized carbons (Fsp3) is 0. The zero-order valence-electron chi connectivity index (χ0n) is 11.4. The number of carboxylic acids is 1. The van der Waals surface area contributed by atoms with Crippen molar-refractivity contribution in [3.8, 4) is 11.1 Å². The number of aromatic carboxylic acids is 1. The van der Waals surface area contributed by atoms with Gasteiger partial charge in [-0.1, -0.05) is 48.5 Å². The minimum atomic E-state index is -1.31. The number of nitro groups is 1. The summed E-state index contributed by atoms with van der Waals surface area (Å²) >= 11 is 0. The number of hydrogen-bond acceptors (Lipinski definition) is 3. The SMILES string of the molecule is O=C(O)c1ccc(-c2cccc3ccccc23)cc1[N+](=O)[O-]. The molecule has 0 bridgehead atoms. The molecule has 0 unspecified atom stereocenters. The molecule has 108 valence electrons. The van der Waals surface area contributed by atoms with Gasteiger partial charge in [0.2, 0.25) is 0 Å². The molecule has 0 atom stereocenters. The molecular weight excluding hydrogens is 282 g/mol. The van der Waals surface area contributed by atoms with Crippen molar-refractivity contribution in [2.24, 2.45) is 0 Å². The smallest absolute Gasteiger partial charge is 0.342 e. The van der Waals surface area contributed by atoms with Crippen LogP contribution in [0.2, 0.25) is 0 Å². The largest absolute Gasteiger partial charge is 0.477 e. The van der Waals surface area contributed by atoms with E-state index in [4.69, 9.17) is 5.11 Å². The highest BCUT2D eigenvalue weighted by Gasteiger charge is 2.20. The summed E-state index contributed by atoms with van der Waals surface area (Å²) in [6.45, 7) is 0. The van der Waals surface area contributed by atoms with Crippen molar-refractivity contribution >= 4 is 22.4 Å². The van der Waals surface area contributed by atoms with Gasteiger partial charge in [-0.3, -0.25) is 10.1 Å². The molecule has 0 saturated carbocycles. The second-order valence-electron chi connectivity index (χ2n) is 4.82. The predicted molar refractivity (Wildman–Crippen MR) is 83.0 cm³/mol. The molecule has 3 rings (SSSR count). The number of fused-ring (bicyclic) bond motifs is 1. The lowest BCUT2D eigenvalue weighted by Gasteiger charge is -2.07. The van der Waals surface area contributed by atoms with Crippen LogP contribution in [-0.2, 0) is 0 Å². The number of benzene rings is 3. The van der Waals surface area contributed by atoms with E-state index >= 15 is 0 Å². The van der Waals surface area contributed by atoms with Crippen LogP contribution in [0, 0.1) is 10.1 Å². The topological polar surface area (TPSA) is 80.4 Å². The molecule has 3 aromatic rings. The summed E-state index contributed by atoms with van der Waals surface area (Å²) in [6, 6.07) is 17.6. The number of hydrogen-bond donors (Lipinski definition) is 1. The molecule has 1 N–H and O–H groups in total. The van der Waals surface area contributed by atoms with Crippen molar-refractivity contribution in [3.05, 3.63) is 76.3 Å². The van der Waals surface area contributed by atoms with E-state index in [0.29, 0.717) is 5.56 Å². The van der Waals surface area contributed by atoms with Gasteiger partial charge in [-0.2, -0.15) is 0 Å². The maximum Gasteiger partial charge on any atom is 0.342 e. The highest BCUT2D eigenvalue weighted by molar-refractivity contribution is 5.99. The third kappa shape index (κ3) is 2.29. The van der Waals surface area contributed by atoms with Gasteiger partial charge in [-0.15, -0.1) is 0 Å². The van der Waals surface area contributed by atoms with E-state index in [9.17, 15) is 14.9 Å². The summed E-state index contributed by atoms with van der Waals surface area (Å²) in [5.74, 6) is -1.31. The van der Waals surface area contributed by atoms with Crippen LogP contribution in [0.15, 0.2) is 60.7 Å². The van der Waals surface area contributed by atoms with Gasteiger partial charge in [0.15, 0.2) is 0 Å². The van der Waals surface area contributed by atoms with Crippen molar-refractivity contribution in [1.82, 2.24) is 0 Å². The summed E-state index contributed by atoms with van der Waals surface area (Å²) in [7, 11) is 0. The van der Waals surface area contributed by atoms with Gasteiger partial charge in [0.05, 0.1) is 4.92 Å². The molecule has 0 aromatic heterocycles. The molecule has 3 aromatic carbocycles. The van der Waals surface area contributed by atoms with Crippen LogP contribution < -0.4 is 0 Å². The first-order valence-corrected chi connectivity index (χ1v) is 6.58. The normalized spacial score (nSPS) is 10.5. The van der Waals surface area contributed by atoms with Gasteiger partial charge < -0.3 is 5.11 Å². The molecule has 0 heterocycles. The van der Waals surface area contributed by atoms with Crippen LogP contribution in [0.4, 0.5) is 5.69 Å². The Bertz CT molecular complexity index is 897. The summed E-state index contributed by atoms with van der Waals surface area (Å²) < 4.78 is 0. The van der Waals surface area contributed by atoms with E-state index in [1.165, 1.54) is 12.1 Å². The first-order valence-electron chi connectivity index (χ1n) is 6.58. The molecular formula is C17H11NO4. The number of nitrogens with zero attached hydrogens (tertiary/aromatic N) is 1. The predicted octanol–water partition coefficient (Wildman–Crippen LogP) is 4.11. The Labute approximate surface area is 125 Å². The van der Waals surface area contributed by atoms with Gasteiger partial charge in [0.25, 0.3) is 5.69 Å². The Hall–Kier alpha value is -3.21. The van der Waals surface area contributed by atoms with Gasteiger partial charge in [0, 0.05) is 6.07 Å². The Morgan fingerprint density at radius 1 is 1.00 bits per heavy atom. The number of rotatable bonds is 3. The number of nitro benzene ring substituents is 1. The minimum Gasteiger partial charge on any atom is -0.477 e. The average Bonchev–Trinajstić information content (AvgIpc) is 2.53. The Kier molecular flexibility index (Phi) is 3.31. The second-order valence-corrected chi connectivity index (χ2v) is 4.82. The minimum absolute atomic E-state index is 0.311. The van der Waals surface area contributed by atoms with E-state index in [0.717, 1.165) is 16.3 Å². The molecule has 0 aliphatic carbocycles. The van der Waals surface area contributed by atoms with Gasteiger partial charge in [-0.25, -0.2) is 4.79 Å². The zero-order valence-corrected chi connectivity index (χ0v) is 11.4. The third-order valence-electron chi connectivity index (χ3n) is 3.53.